The minimum atomic E-state index is 0.0295. The van der Waals surface area contributed by atoms with Gasteiger partial charge < -0.3 is 10.5 Å². The van der Waals surface area contributed by atoms with Crippen LogP contribution in [0.1, 0.15) is 58.8 Å². The van der Waals surface area contributed by atoms with Crippen molar-refractivity contribution in [3.05, 3.63) is 0 Å². The summed E-state index contributed by atoms with van der Waals surface area (Å²) in [5.41, 5.74) is 5.80. The molecule has 2 fully saturated rings. The van der Waals surface area contributed by atoms with Gasteiger partial charge in [0.25, 0.3) is 0 Å². The van der Waals surface area contributed by atoms with Crippen molar-refractivity contribution in [1.82, 2.24) is 0 Å². The maximum Gasteiger partial charge on any atom is 0.309 e. The smallest absolute Gasteiger partial charge is 0.309 e. The van der Waals surface area contributed by atoms with Gasteiger partial charge in [0.15, 0.2) is 0 Å². The molecule has 5 atom stereocenters. The van der Waals surface area contributed by atoms with Crippen molar-refractivity contribution < 1.29 is 9.53 Å². The lowest BCUT2D eigenvalue weighted by atomic mass is 9.78. The SMILES string of the molecule is CC1CCC(OC(=O)C2CCCCC2CN)CC1C. The Morgan fingerprint density at radius 3 is 2.53 bits per heavy atom. The fourth-order valence-corrected chi connectivity index (χ4v) is 3.66. The number of carbonyl (C=O) groups is 1. The van der Waals surface area contributed by atoms with Crippen LogP contribution < -0.4 is 5.73 Å². The molecule has 2 aliphatic carbocycles. The Bertz CT molecular complexity index is 305. The molecule has 0 spiro atoms. The molecule has 0 bridgehead atoms. The maximum absolute atomic E-state index is 12.3. The maximum atomic E-state index is 12.3. The largest absolute Gasteiger partial charge is 0.462 e. The first kappa shape index (κ1) is 14.8. The Balaban J connectivity index is 1.86. The van der Waals surface area contributed by atoms with E-state index in [1.807, 2.05) is 0 Å². The highest BCUT2D eigenvalue weighted by Crippen LogP contribution is 2.34. The molecule has 2 saturated carbocycles. The summed E-state index contributed by atoms with van der Waals surface area (Å²) in [6.07, 6.45) is 7.83. The Labute approximate surface area is 117 Å². The van der Waals surface area contributed by atoms with E-state index in [-0.39, 0.29) is 18.0 Å². The fraction of sp³-hybridized carbons (Fsp3) is 0.938. The molecule has 110 valence electrons. The molecule has 19 heavy (non-hydrogen) atoms. The highest BCUT2D eigenvalue weighted by atomic mass is 16.5. The molecule has 0 aromatic rings. The van der Waals surface area contributed by atoms with Crippen LogP contribution in [0.5, 0.6) is 0 Å². The summed E-state index contributed by atoms with van der Waals surface area (Å²) >= 11 is 0. The third-order valence-electron chi connectivity index (χ3n) is 5.35. The topological polar surface area (TPSA) is 52.3 Å². The number of esters is 1. The van der Waals surface area contributed by atoms with E-state index >= 15 is 0 Å². The predicted molar refractivity (Wildman–Crippen MR) is 76.6 cm³/mol. The van der Waals surface area contributed by atoms with Gasteiger partial charge in [0.2, 0.25) is 0 Å². The Morgan fingerprint density at radius 1 is 1.11 bits per heavy atom. The van der Waals surface area contributed by atoms with E-state index in [4.69, 9.17) is 10.5 Å². The number of rotatable bonds is 3. The van der Waals surface area contributed by atoms with Crippen molar-refractivity contribution in [1.29, 1.82) is 0 Å². The second-order valence-electron chi connectivity index (χ2n) is 6.71. The number of hydrogen-bond donors (Lipinski definition) is 1. The molecule has 3 heteroatoms. The van der Waals surface area contributed by atoms with E-state index in [1.165, 1.54) is 12.8 Å². The minimum Gasteiger partial charge on any atom is -0.462 e. The number of hydrogen-bond acceptors (Lipinski definition) is 3. The lowest BCUT2D eigenvalue weighted by molar-refractivity contribution is -0.160. The molecule has 0 amide bonds. The molecule has 5 unspecified atom stereocenters. The van der Waals surface area contributed by atoms with Crippen LogP contribution in [0, 0.1) is 23.7 Å². The Kier molecular flexibility index (Phi) is 5.26. The molecule has 2 N–H and O–H groups in total. The van der Waals surface area contributed by atoms with Gasteiger partial charge in [-0.25, -0.2) is 0 Å². The second kappa shape index (κ2) is 6.74. The first-order chi connectivity index (χ1) is 9.11. The summed E-state index contributed by atoms with van der Waals surface area (Å²) in [7, 11) is 0. The minimum absolute atomic E-state index is 0.0295. The highest BCUT2D eigenvalue weighted by Gasteiger charge is 2.34. The summed E-state index contributed by atoms with van der Waals surface area (Å²) in [4.78, 5) is 12.3. The van der Waals surface area contributed by atoms with Gasteiger partial charge in [-0.1, -0.05) is 26.7 Å². The van der Waals surface area contributed by atoms with Crippen LogP contribution in [0.15, 0.2) is 0 Å². The molecule has 2 aliphatic rings. The molecule has 0 aromatic carbocycles. The zero-order valence-corrected chi connectivity index (χ0v) is 12.4. The van der Waals surface area contributed by atoms with Gasteiger partial charge in [-0.15, -0.1) is 0 Å². The standard InChI is InChI=1S/C16H29NO2/c1-11-7-8-14(9-12(11)2)19-16(18)15-6-4-3-5-13(15)10-17/h11-15H,3-10,17H2,1-2H3. The van der Waals surface area contributed by atoms with E-state index in [9.17, 15) is 4.79 Å². The van der Waals surface area contributed by atoms with Crippen LogP contribution in [0.4, 0.5) is 0 Å². The number of carbonyl (C=O) groups excluding carboxylic acids is 1. The average molecular weight is 267 g/mol. The van der Waals surface area contributed by atoms with Crippen molar-refractivity contribution >= 4 is 5.97 Å². The van der Waals surface area contributed by atoms with Crippen molar-refractivity contribution in [2.45, 2.75) is 64.9 Å². The van der Waals surface area contributed by atoms with Crippen LogP contribution in [-0.4, -0.2) is 18.6 Å². The summed E-state index contributed by atoms with van der Waals surface area (Å²) in [6.45, 7) is 5.19. The summed E-state index contributed by atoms with van der Waals surface area (Å²) in [5, 5.41) is 0. The molecule has 3 nitrogen and oxygen atoms in total. The Hall–Kier alpha value is -0.570. The molecule has 0 aliphatic heterocycles. The van der Waals surface area contributed by atoms with Crippen molar-refractivity contribution in [2.24, 2.45) is 29.4 Å². The average Bonchev–Trinajstić information content (AvgIpc) is 2.43. The van der Waals surface area contributed by atoms with Crippen molar-refractivity contribution in [3.8, 4) is 0 Å². The first-order valence-electron chi connectivity index (χ1n) is 8.02. The zero-order valence-electron chi connectivity index (χ0n) is 12.4. The third kappa shape index (κ3) is 3.71. The van der Waals surface area contributed by atoms with Crippen LogP contribution >= 0.6 is 0 Å². The molecule has 0 saturated heterocycles. The molecule has 0 aromatic heterocycles. The van der Waals surface area contributed by atoms with Crippen LogP contribution in [0.25, 0.3) is 0 Å². The molecule has 2 rings (SSSR count). The monoisotopic (exact) mass is 267 g/mol. The summed E-state index contributed by atoms with van der Waals surface area (Å²) in [5.74, 6) is 1.88. The van der Waals surface area contributed by atoms with Gasteiger partial charge in [0.1, 0.15) is 6.10 Å². The van der Waals surface area contributed by atoms with Crippen LogP contribution in [0.2, 0.25) is 0 Å². The van der Waals surface area contributed by atoms with Gasteiger partial charge in [-0.3, -0.25) is 4.79 Å². The van der Waals surface area contributed by atoms with E-state index in [1.54, 1.807) is 0 Å². The second-order valence-corrected chi connectivity index (χ2v) is 6.71. The van der Waals surface area contributed by atoms with Crippen LogP contribution in [-0.2, 0) is 9.53 Å². The summed E-state index contributed by atoms with van der Waals surface area (Å²) in [6, 6.07) is 0. The normalized spacial score (nSPS) is 39.8. The molecular weight excluding hydrogens is 238 g/mol. The Morgan fingerprint density at radius 2 is 1.84 bits per heavy atom. The molecule has 0 heterocycles. The lowest BCUT2D eigenvalue weighted by Gasteiger charge is -2.34. The zero-order chi connectivity index (χ0) is 13.8. The van der Waals surface area contributed by atoms with E-state index in [2.05, 4.69) is 13.8 Å². The van der Waals surface area contributed by atoms with Crippen molar-refractivity contribution in [3.63, 3.8) is 0 Å². The van der Waals surface area contributed by atoms with E-state index in [0.29, 0.717) is 18.4 Å². The van der Waals surface area contributed by atoms with Gasteiger partial charge in [-0.2, -0.15) is 0 Å². The lowest BCUT2D eigenvalue weighted by Crippen LogP contribution is -2.37. The first-order valence-corrected chi connectivity index (χ1v) is 8.02. The van der Waals surface area contributed by atoms with E-state index < -0.39 is 0 Å². The number of ether oxygens (including phenoxy) is 1. The molecular formula is C16H29NO2. The van der Waals surface area contributed by atoms with Gasteiger partial charge in [0.05, 0.1) is 5.92 Å². The van der Waals surface area contributed by atoms with Crippen molar-refractivity contribution in [2.75, 3.05) is 6.54 Å². The third-order valence-corrected chi connectivity index (χ3v) is 5.35. The van der Waals surface area contributed by atoms with Gasteiger partial charge >= 0.3 is 5.97 Å². The molecule has 0 radical (unpaired) electrons. The number of nitrogens with two attached hydrogens (primary N) is 1. The predicted octanol–water partition coefficient (Wildman–Crippen LogP) is 3.12. The quantitative estimate of drug-likeness (QED) is 0.799. The fourth-order valence-electron chi connectivity index (χ4n) is 3.66. The van der Waals surface area contributed by atoms with Crippen LogP contribution in [0.3, 0.4) is 0 Å². The van der Waals surface area contributed by atoms with E-state index in [0.717, 1.165) is 38.0 Å². The summed E-state index contributed by atoms with van der Waals surface area (Å²) < 4.78 is 5.79. The van der Waals surface area contributed by atoms with Gasteiger partial charge in [0, 0.05) is 0 Å². The van der Waals surface area contributed by atoms with Gasteiger partial charge in [-0.05, 0) is 56.4 Å². The highest BCUT2D eigenvalue weighted by molar-refractivity contribution is 5.73.